The molecule has 6 heteroatoms. The van der Waals surface area contributed by atoms with Crippen LogP contribution in [0.4, 0.5) is 0 Å². The molecule has 0 aromatic carbocycles. The summed E-state index contributed by atoms with van der Waals surface area (Å²) in [7, 11) is -0.722. The van der Waals surface area contributed by atoms with Gasteiger partial charge in [-0.1, -0.05) is 0 Å². The van der Waals surface area contributed by atoms with Gasteiger partial charge in [-0.15, -0.1) is 0 Å². The molecular weight excluding hydrogens is 226 g/mol. The van der Waals surface area contributed by atoms with Crippen LogP contribution in [0, 0.1) is 0 Å². The van der Waals surface area contributed by atoms with Crippen LogP contribution >= 0.6 is 0 Å². The van der Waals surface area contributed by atoms with E-state index in [0.29, 0.717) is 12.3 Å². The fraction of sp³-hybridized carbons (Fsp3) is 1.00. The first-order valence-electron chi connectivity index (χ1n) is 5.94. The average molecular weight is 250 g/mol. The fourth-order valence-corrected chi connectivity index (χ4v) is 3.11. The van der Waals surface area contributed by atoms with E-state index in [1.165, 1.54) is 0 Å². The summed E-state index contributed by atoms with van der Waals surface area (Å²) in [5.41, 5.74) is 3.58. The smallest absolute Gasteiger partial charge is 0.155 e. The lowest BCUT2D eigenvalue weighted by atomic mass is 10.3. The molecule has 16 heavy (non-hydrogen) atoms. The van der Waals surface area contributed by atoms with Crippen LogP contribution in [0.3, 0.4) is 0 Å². The van der Waals surface area contributed by atoms with Gasteiger partial charge in [-0.05, 0) is 20.0 Å². The number of hydrogen-bond acceptors (Lipinski definition) is 4. The van der Waals surface area contributed by atoms with Gasteiger partial charge in [0.25, 0.3) is 0 Å². The summed E-state index contributed by atoms with van der Waals surface area (Å²) in [5, 5.41) is 0. The Bertz CT molecular complexity index is 284. The van der Waals surface area contributed by atoms with Crippen LogP contribution in [0.15, 0.2) is 0 Å². The van der Waals surface area contributed by atoms with E-state index in [-0.39, 0.29) is 5.75 Å². The second kappa shape index (κ2) is 6.54. The van der Waals surface area contributed by atoms with Crippen LogP contribution in [0.1, 0.15) is 6.42 Å². The van der Waals surface area contributed by atoms with Crippen molar-refractivity contribution in [1.29, 1.82) is 0 Å². The van der Waals surface area contributed by atoms with Crippen molar-refractivity contribution < 1.29 is 14.2 Å². The van der Waals surface area contributed by atoms with E-state index in [1.54, 1.807) is 0 Å². The van der Waals surface area contributed by atoms with Crippen molar-refractivity contribution in [3.8, 4) is 0 Å². The van der Waals surface area contributed by atoms with Crippen molar-refractivity contribution >= 4 is 9.84 Å². The molecule has 1 aliphatic rings. The molecule has 0 atom stereocenters. The standard InChI is InChI=1S/C10H23N3O2S/c1-12-5-7-13(8-6-12)4-2-9-16(14,15)10-3-11/h2-11H2,1H3/p+1. The third-order valence-corrected chi connectivity index (χ3v) is 4.80. The molecule has 0 aromatic rings. The minimum atomic E-state index is -2.84. The van der Waals surface area contributed by atoms with Gasteiger partial charge in [-0.3, -0.25) is 0 Å². The molecule has 1 fully saturated rings. The third kappa shape index (κ3) is 5.25. The Balaban J connectivity index is 2.16. The second-order valence-electron chi connectivity index (χ2n) is 4.50. The molecule has 1 aliphatic heterocycles. The summed E-state index contributed by atoms with van der Waals surface area (Å²) in [6.45, 7) is 5.69. The first-order valence-corrected chi connectivity index (χ1v) is 7.76. The molecule has 0 aromatic heterocycles. The van der Waals surface area contributed by atoms with Gasteiger partial charge in [-0.2, -0.15) is 0 Å². The van der Waals surface area contributed by atoms with E-state index < -0.39 is 9.84 Å². The minimum absolute atomic E-state index is 0.232. The van der Waals surface area contributed by atoms with Crippen LogP contribution in [0.5, 0.6) is 0 Å². The van der Waals surface area contributed by atoms with Gasteiger partial charge in [0.15, 0.2) is 9.84 Å². The molecule has 0 bridgehead atoms. The highest BCUT2D eigenvalue weighted by Crippen LogP contribution is 2.01. The summed E-state index contributed by atoms with van der Waals surface area (Å²) in [6.07, 6.45) is 0.756. The maximum atomic E-state index is 11.5. The maximum Gasteiger partial charge on any atom is 0.155 e. The predicted octanol–water partition coefficient (Wildman–Crippen LogP) is -1.72. The number of piperazine rings is 1. The first-order chi connectivity index (χ1) is 7.53. The molecule has 0 amide bonds. The molecular formula is C10H24N3O2S+. The quantitative estimate of drug-likeness (QED) is 0.609. The van der Waals surface area contributed by atoms with Crippen molar-refractivity contribution in [3.63, 3.8) is 0 Å². The number of nitrogens with zero attached hydrogens (tertiary/aromatic N) is 2. The molecule has 96 valence electrons. The van der Waals surface area contributed by atoms with Crippen molar-refractivity contribution in [2.45, 2.75) is 6.42 Å². The second-order valence-corrected chi connectivity index (χ2v) is 6.81. The normalized spacial score (nSPS) is 20.1. The van der Waals surface area contributed by atoms with Crippen molar-refractivity contribution in [3.05, 3.63) is 0 Å². The molecule has 0 aliphatic carbocycles. The summed E-state index contributed by atoms with van der Waals surface area (Å²) in [4.78, 5) is 4.65. The summed E-state index contributed by atoms with van der Waals surface area (Å²) in [6, 6.07) is 0. The monoisotopic (exact) mass is 250 g/mol. The van der Waals surface area contributed by atoms with E-state index in [2.05, 4.69) is 22.6 Å². The van der Waals surface area contributed by atoms with Gasteiger partial charge in [0, 0.05) is 26.2 Å². The highest BCUT2D eigenvalue weighted by Gasteiger charge is 2.15. The third-order valence-electron chi connectivity index (χ3n) is 2.98. The van der Waals surface area contributed by atoms with Gasteiger partial charge in [-0.25, -0.2) is 8.42 Å². The molecule has 5 nitrogen and oxygen atoms in total. The van der Waals surface area contributed by atoms with Gasteiger partial charge in [0.1, 0.15) is 0 Å². The number of rotatable bonds is 6. The van der Waals surface area contributed by atoms with Crippen LogP contribution in [-0.2, 0) is 9.84 Å². The summed E-state index contributed by atoms with van der Waals surface area (Å²) >= 11 is 0. The van der Waals surface area contributed by atoms with E-state index >= 15 is 0 Å². The van der Waals surface area contributed by atoms with Gasteiger partial charge in [0.2, 0.25) is 0 Å². The zero-order valence-electron chi connectivity index (χ0n) is 10.2. The Labute approximate surface area is 98.5 Å². The SMILES string of the molecule is CN1CCN(CCCS(=O)(=O)CC[NH3+])CC1. The van der Waals surface area contributed by atoms with Gasteiger partial charge >= 0.3 is 0 Å². The predicted molar refractivity (Wildman–Crippen MR) is 65.0 cm³/mol. The lowest BCUT2D eigenvalue weighted by Crippen LogP contribution is -2.53. The number of hydrogen-bond donors (Lipinski definition) is 1. The molecule has 0 unspecified atom stereocenters. The zero-order chi connectivity index (χ0) is 12.0. The zero-order valence-corrected chi connectivity index (χ0v) is 11.0. The van der Waals surface area contributed by atoms with Crippen LogP contribution in [-0.4, -0.2) is 76.0 Å². The van der Waals surface area contributed by atoms with Crippen LogP contribution in [0.2, 0.25) is 0 Å². The summed E-state index contributed by atoms with van der Waals surface area (Å²) < 4.78 is 22.9. The molecule has 1 saturated heterocycles. The van der Waals surface area contributed by atoms with E-state index in [4.69, 9.17) is 0 Å². The topological polar surface area (TPSA) is 68.3 Å². The van der Waals surface area contributed by atoms with Crippen molar-refractivity contribution in [2.75, 3.05) is 57.8 Å². The first kappa shape index (κ1) is 13.9. The number of sulfone groups is 1. The Kier molecular flexibility index (Phi) is 5.68. The Hall–Kier alpha value is -0.170. The van der Waals surface area contributed by atoms with Crippen molar-refractivity contribution in [1.82, 2.24) is 9.80 Å². The lowest BCUT2D eigenvalue weighted by molar-refractivity contribution is -0.360. The van der Waals surface area contributed by atoms with Crippen LogP contribution in [0.25, 0.3) is 0 Å². The van der Waals surface area contributed by atoms with E-state index in [0.717, 1.165) is 39.1 Å². The van der Waals surface area contributed by atoms with E-state index in [9.17, 15) is 8.42 Å². The number of quaternary nitrogens is 1. The Morgan fingerprint density at radius 1 is 1.12 bits per heavy atom. The van der Waals surface area contributed by atoms with E-state index in [1.807, 2.05) is 0 Å². The highest BCUT2D eigenvalue weighted by molar-refractivity contribution is 7.91. The van der Waals surface area contributed by atoms with Gasteiger partial charge in [0.05, 0.1) is 18.1 Å². The molecule has 3 N–H and O–H groups in total. The fourth-order valence-electron chi connectivity index (χ4n) is 1.90. The maximum absolute atomic E-state index is 11.5. The van der Waals surface area contributed by atoms with Crippen molar-refractivity contribution in [2.24, 2.45) is 0 Å². The molecule has 1 rings (SSSR count). The molecule has 0 saturated carbocycles. The lowest BCUT2D eigenvalue weighted by Gasteiger charge is -2.32. The van der Waals surface area contributed by atoms with Crippen LogP contribution < -0.4 is 5.73 Å². The molecule has 1 heterocycles. The average Bonchev–Trinajstić information content (AvgIpc) is 2.20. The largest absolute Gasteiger partial charge is 0.357 e. The molecule has 0 spiro atoms. The molecule has 0 radical (unpaired) electrons. The Morgan fingerprint density at radius 3 is 2.31 bits per heavy atom. The van der Waals surface area contributed by atoms with Gasteiger partial charge < -0.3 is 15.5 Å². The summed E-state index contributed by atoms with van der Waals surface area (Å²) in [5.74, 6) is 0.546. The highest BCUT2D eigenvalue weighted by atomic mass is 32.2. The minimum Gasteiger partial charge on any atom is -0.357 e. The Morgan fingerprint density at radius 2 is 1.75 bits per heavy atom. The number of likely N-dealkylation sites (N-methyl/N-ethyl adjacent to an activating group) is 1.